The molecule has 2 fully saturated rings. The summed E-state index contributed by atoms with van der Waals surface area (Å²) in [6.45, 7) is 9.54. The predicted octanol–water partition coefficient (Wildman–Crippen LogP) is 3.14. The summed E-state index contributed by atoms with van der Waals surface area (Å²) in [5.74, 6) is -0.137. The summed E-state index contributed by atoms with van der Waals surface area (Å²) in [5.41, 5.74) is 1.59. The maximum absolute atomic E-state index is 12.8. The summed E-state index contributed by atoms with van der Waals surface area (Å²) in [7, 11) is 0. The van der Waals surface area contributed by atoms with Crippen LogP contribution in [-0.4, -0.2) is 44.6 Å². The molecule has 2 heterocycles. The van der Waals surface area contributed by atoms with Crippen LogP contribution in [0.3, 0.4) is 0 Å². The molecule has 164 valence electrons. The van der Waals surface area contributed by atoms with E-state index in [4.69, 9.17) is 5.10 Å². The Morgan fingerprint density at radius 3 is 2.58 bits per heavy atom. The van der Waals surface area contributed by atoms with E-state index in [9.17, 15) is 14.4 Å². The molecule has 1 unspecified atom stereocenters. The number of imide groups is 1. The second-order valence-electron chi connectivity index (χ2n) is 9.76. The fourth-order valence-electron chi connectivity index (χ4n) is 3.92. The van der Waals surface area contributed by atoms with Crippen LogP contribution in [0.4, 0.5) is 10.6 Å². The van der Waals surface area contributed by atoms with E-state index in [2.05, 4.69) is 10.6 Å². The van der Waals surface area contributed by atoms with Gasteiger partial charge in [-0.15, -0.1) is 0 Å². The van der Waals surface area contributed by atoms with E-state index in [1.807, 2.05) is 58.0 Å². The van der Waals surface area contributed by atoms with Gasteiger partial charge in [-0.2, -0.15) is 5.10 Å². The molecular weight excluding hydrogens is 394 g/mol. The van der Waals surface area contributed by atoms with E-state index in [0.717, 1.165) is 34.7 Å². The topological polar surface area (TPSA) is 96.3 Å². The van der Waals surface area contributed by atoms with Crippen molar-refractivity contribution in [1.29, 1.82) is 0 Å². The van der Waals surface area contributed by atoms with Crippen molar-refractivity contribution in [2.24, 2.45) is 5.92 Å². The van der Waals surface area contributed by atoms with Crippen molar-refractivity contribution in [1.82, 2.24) is 20.0 Å². The van der Waals surface area contributed by atoms with Crippen LogP contribution in [0, 0.1) is 12.8 Å². The van der Waals surface area contributed by atoms with E-state index < -0.39 is 17.5 Å². The number of aromatic nitrogens is 2. The van der Waals surface area contributed by atoms with Gasteiger partial charge in [0.05, 0.1) is 11.4 Å². The molecule has 2 aliphatic rings. The molecule has 1 saturated carbocycles. The molecule has 1 aromatic heterocycles. The van der Waals surface area contributed by atoms with Gasteiger partial charge in [-0.25, -0.2) is 9.48 Å². The van der Waals surface area contributed by atoms with Gasteiger partial charge in [0.25, 0.3) is 5.91 Å². The lowest BCUT2D eigenvalue weighted by molar-refractivity contribution is -0.134. The molecule has 1 aliphatic heterocycles. The van der Waals surface area contributed by atoms with E-state index in [0.29, 0.717) is 5.82 Å². The molecule has 1 aliphatic carbocycles. The third kappa shape index (κ3) is 3.94. The number of benzene rings is 1. The molecule has 4 rings (SSSR count). The summed E-state index contributed by atoms with van der Waals surface area (Å²) < 4.78 is 1.69. The Labute approximate surface area is 182 Å². The van der Waals surface area contributed by atoms with E-state index in [-0.39, 0.29) is 23.8 Å². The molecule has 8 nitrogen and oxygen atoms in total. The Balaban J connectivity index is 1.57. The Hall–Kier alpha value is -3.16. The lowest BCUT2D eigenvalue weighted by Gasteiger charge is -2.20. The van der Waals surface area contributed by atoms with Crippen LogP contribution >= 0.6 is 0 Å². The number of rotatable bonds is 5. The standard InChI is InChI=1S/C23H29N5O3/c1-14-7-6-8-16(11-14)28-18(12-17(26-28)22(2,3)4)24-19(29)13-27-20(30)23(5,15-9-10-15)25-21(27)31/h6-8,11-12,15H,9-10,13H2,1-5H3,(H,24,29)(H,25,31). The smallest absolute Gasteiger partial charge is 0.323 e. The average Bonchev–Trinajstić information content (AvgIpc) is 3.41. The molecule has 0 bridgehead atoms. The Bertz CT molecular complexity index is 1060. The summed E-state index contributed by atoms with van der Waals surface area (Å²) in [4.78, 5) is 39.0. The van der Waals surface area contributed by atoms with Crippen LogP contribution < -0.4 is 10.6 Å². The van der Waals surface area contributed by atoms with Gasteiger partial charge in [0.1, 0.15) is 17.9 Å². The second-order valence-corrected chi connectivity index (χ2v) is 9.76. The molecule has 0 radical (unpaired) electrons. The number of nitrogens with one attached hydrogen (secondary N) is 2. The molecular formula is C23H29N5O3. The van der Waals surface area contributed by atoms with E-state index in [1.165, 1.54) is 0 Å². The van der Waals surface area contributed by atoms with Crippen molar-refractivity contribution < 1.29 is 14.4 Å². The highest BCUT2D eigenvalue weighted by Gasteiger charge is 2.56. The summed E-state index contributed by atoms with van der Waals surface area (Å²) in [5, 5.41) is 10.3. The van der Waals surface area contributed by atoms with E-state index in [1.54, 1.807) is 11.6 Å². The summed E-state index contributed by atoms with van der Waals surface area (Å²) in [6, 6.07) is 9.14. The second kappa shape index (κ2) is 7.21. The third-order valence-electron chi connectivity index (χ3n) is 5.99. The third-order valence-corrected chi connectivity index (χ3v) is 5.99. The van der Waals surface area contributed by atoms with Gasteiger partial charge in [0, 0.05) is 11.5 Å². The number of nitrogens with zero attached hydrogens (tertiary/aromatic N) is 3. The van der Waals surface area contributed by atoms with Crippen LogP contribution in [0.1, 0.15) is 51.8 Å². The first-order valence-electron chi connectivity index (χ1n) is 10.6. The maximum atomic E-state index is 12.8. The van der Waals surface area contributed by atoms with Gasteiger partial charge in [-0.3, -0.25) is 14.5 Å². The zero-order valence-corrected chi connectivity index (χ0v) is 18.7. The van der Waals surface area contributed by atoms with Gasteiger partial charge in [-0.1, -0.05) is 32.9 Å². The summed E-state index contributed by atoms with van der Waals surface area (Å²) in [6.07, 6.45) is 1.82. The summed E-state index contributed by atoms with van der Waals surface area (Å²) >= 11 is 0. The minimum absolute atomic E-state index is 0.147. The zero-order chi connectivity index (χ0) is 22.6. The monoisotopic (exact) mass is 423 g/mol. The number of carbonyl (C=O) groups is 3. The number of anilines is 1. The van der Waals surface area contributed by atoms with Crippen LogP contribution in [0.25, 0.3) is 5.69 Å². The van der Waals surface area contributed by atoms with Crippen LogP contribution in [0.15, 0.2) is 30.3 Å². The van der Waals surface area contributed by atoms with Crippen molar-refractivity contribution in [2.45, 2.75) is 58.4 Å². The predicted molar refractivity (Wildman–Crippen MR) is 117 cm³/mol. The molecule has 2 N–H and O–H groups in total. The van der Waals surface area contributed by atoms with Crippen LogP contribution in [0.2, 0.25) is 0 Å². The number of aryl methyl sites for hydroxylation is 1. The van der Waals surface area contributed by atoms with Crippen LogP contribution in [0.5, 0.6) is 0 Å². The van der Waals surface area contributed by atoms with Crippen molar-refractivity contribution in [2.75, 3.05) is 11.9 Å². The minimum Gasteiger partial charge on any atom is -0.323 e. The quantitative estimate of drug-likeness (QED) is 0.722. The zero-order valence-electron chi connectivity index (χ0n) is 18.7. The first-order chi connectivity index (χ1) is 14.5. The normalized spacial score (nSPS) is 21.4. The number of amides is 4. The largest absolute Gasteiger partial charge is 0.325 e. The van der Waals surface area contributed by atoms with Gasteiger partial charge >= 0.3 is 6.03 Å². The number of hydrogen-bond acceptors (Lipinski definition) is 4. The Kier molecular flexibility index (Phi) is 4.91. The fraction of sp³-hybridized carbons (Fsp3) is 0.478. The SMILES string of the molecule is Cc1cccc(-n2nc(C(C)(C)C)cc2NC(=O)CN2C(=O)NC(C)(C3CC3)C2=O)c1. The highest BCUT2D eigenvalue weighted by molar-refractivity contribution is 6.10. The number of carbonyl (C=O) groups excluding carboxylic acids is 3. The van der Waals surface area contributed by atoms with Crippen molar-refractivity contribution >= 4 is 23.7 Å². The molecule has 8 heteroatoms. The molecule has 2 aromatic rings. The minimum atomic E-state index is -0.903. The molecule has 0 spiro atoms. The maximum Gasteiger partial charge on any atom is 0.325 e. The first-order valence-corrected chi connectivity index (χ1v) is 10.6. The number of urea groups is 1. The number of hydrogen-bond donors (Lipinski definition) is 2. The fourth-order valence-corrected chi connectivity index (χ4v) is 3.92. The van der Waals surface area contributed by atoms with Gasteiger partial charge < -0.3 is 10.6 Å². The van der Waals surface area contributed by atoms with E-state index >= 15 is 0 Å². The molecule has 31 heavy (non-hydrogen) atoms. The van der Waals surface area contributed by atoms with Crippen molar-refractivity contribution in [3.8, 4) is 5.69 Å². The lowest BCUT2D eigenvalue weighted by atomic mass is 9.92. The molecule has 1 saturated heterocycles. The Morgan fingerprint density at radius 2 is 1.97 bits per heavy atom. The van der Waals surface area contributed by atoms with Gasteiger partial charge in [0.15, 0.2) is 0 Å². The average molecular weight is 424 g/mol. The first kappa shape index (κ1) is 21.1. The van der Waals surface area contributed by atoms with Crippen molar-refractivity contribution in [3.05, 3.63) is 41.6 Å². The highest BCUT2D eigenvalue weighted by atomic mass is 16.2. The molecule has 4 amide bonds. The van der Waals surface area contributed by atoms with Gasteiger partial charge in [0.2, 0.25) is 5.91 Å². The lowest BCUT2D eigenvalue weighted by Crippen LogP contribution is -2.46. The highest BCUT2D eigenvalue weighted by Crippen LogP contribution is 2.42. The Morgan fingerprint density at radius 1 is 1.26 bits per heavy atom. The van der Waals surface area contributed by atoms with Crippen molar-refractivity contribution in [3.63, 3.8) is 0 Å². The van der Waals surface area contributed by atoms with Crippen LogP contribution in [-0.2, 0) is 15.0 Å². The molecule has 1 aromatic carbocycles. The molecule has 1 atom stereocenters. The van der Waals surface area contributed by atoms with Gasteiger partial charge in [-0.05, 0) is 50.3 Å².